The first-order valence-electron chi connectivity index (χ1n) is 4.89. The average Bonchev–Trinajstić information content (AvgIpc) is 2.31. The number of hydrogen-bond donors (Lipinski definition) is 0. The van der Waals surface area contributed by atoms with Crippen LogP contribution in [0.5, 0.6) is 5.75 Å². The quantitative estimate of drug-likeness (QED) is 0.699. The molecule has 0 radical (unpaired) electrons. The van der Waals surface area contributed by atoms with Gasteiger partial charge in [-0.05, 0) is 17.7 Å². The monoisotopic (exact) mass is 215 g/mol. The molecule has 0 amide bonds. The molecule has 0 unspecified atom stereocenters. The van der Waals surface area contributed by atoms with Crippen LogP contribution in [0.15, 0.2) is 24.3 Å². The van der Waals surface area contributed by atoms with Crippen molar-refractivity contribution in [1.29, 1.82) is 10.5 Å². The first-order chi connectivity index (χ1) is 7.80. The van der Waals surface area contributed by atoms with Gasteiger partial charge in [-0.1, -0.05) is 12.1 Å². The van der Waals surface area contributed by atoms with E-state index in [1.165, 1.54) is 0 Å². The summed E-state index contributed by atoms with van der Waals surface area (Å²) in [5.74, 6) is 0.802. The summed E-state index contributed by atoms with van der Waals surface area (Å²) in [6.45, 7) is 1.13. The number of nitriles is 2. The van der Waals surface area contributed by atoms with Crippen LogP contribution in [0, 0.1) is 22.7 Å². The summed E-state index contributed by atoms with van der Waals surface area (Å²) < 4.78 is 5.05. The Morgan fingerprint density at radius 2 is 1.69 bits per heavy atom. The molecule has 82 valence electrons. The molecule has 0 bridgehead atoms. The normalized spacial score (nSPS) is 9.50. The third kappa shape index (κ3) is 3.61. The summed E-state index contributed by atoms with van der Waals surface area (Å²) in [4.78, 5) is 1.78. The van der Waals surface area contributed by atoms with Gasteiger partial charge in [-0.15, -0.1) is 0 Å². The van der Waals surface area contributed by atoms with E-state index in [9.17, 15) is 0 Å². The second-order valence-corrected chi connectivity index (χ2v) is 3.31. The molecule has 0 N–H and O–H groups in total. The number of rotatable bonds is 5. The third-order valence-corrected chi connectivity index (χ3v) is 2.15. The largest absolute Gasteiger partial charge is 0.497 e. The van der Waals surface area contributed by atoms with Gasteiger partial charge in [0.2, 0.25) is 0 Å². The molecule has 16 heavy (non-hydrogen) atoms. The highest BCUT2D eigenvalue weighted by molar-refractivity contribution is 5.27. The first kappa shape index (κ1) is 12.0. The highest BCUT2D eigenvalue weighted by Crippen LogP contribution is 2.12. The van der Waals surface area contributed by atoms with Gasteiger partial charge in [-0.25, -0.2) is 0 Å². The molecular formula is C12H13N3O. The molecule has 0 aliphatic carbocycles. The van der Waals surface area contributed by atoms with Crippen LogP contribution in [0.2, 0.25) is 0 Å². The number of methoxy groups -OCH3 is 1. The van der Waals surface area contributed by atoms with Crippen molar-refractivity contribution >= 4 is 0 Å². The Morgan fingerprint density at radius 1 is 1.12 bits per heavy atom. The summed E-state index contributed by atoms with van der Waals surface area (Å²) in [7, 11) is 1.62. The molecule has 4 nitrogen and oxygen atoms in total. The van der Waals surface area contributed by atoms with Gasteiger partial charge in [0.05, 0.1) is 32.3 Å². The third-order valence-electron chi connectivity index (χ3n) is 2.15. The van der Waals surface area contributed by atoms with Crippen LogP contribution in [0.1, 0.15) is 5.56 Å². The second kappa shape index (κ2) is 6.44. The molecule has 1 aromatic rings. The Morgan fingerprint density at radius 3 is 2.12 bits per heavy atom. The SMILES string of the molecule is COc1ccc(CN(CC#N)CC#N)cc1. The number of benzene rings is 1. The predicted octanol–water partition coefficient (Wildman–Crippen LogP) is 1.54. The van der Waals surface area contributed by atoms with Crippen molar-refractivity contribution in [2.45, 2.75) is 6.54 Å². The molecule has 0 spiro atoms. The summed E-state index contributed by atoms with van der Waals surface area (Å²) in [6, 6.07) is 11.7. The second-order valence-electron chi connectivity index (χ2n) is 3.31. The van der Waals surface area contributed by atoms with Crippen molar-refractivity contribution in [3.05, 3.63) is 29.8 Å². The van der Waals surface area contributed by atoms with Gasteiger partial charge in [0.1, 0.15) is 5.75 Å². The lowest BCUT2D eigenvalue weighted by molar-refractivity contribution is 0.334. The Hall–Kier alpha value is -2.04. The number of hydrogen-bond acceptors (Lipinski definition) is 4. The molecule has 1 aromatic carbocycles. The summed E-state index contributed by atoms with van der Waals surface area (Å²) >= 11 is 0. The maximum absolute atomic E-state index is 8.60. The van der Waals surface area contributed by atoms with Crippen molar-refractivity contribution in [3.63, 3.8) is 0 Å². The fourth-order valence-corrected chi connectivity index (χ4v) is 1.36. The van der Waals surface area contributed by atoms with Crippen molar-refractivity contribution in [1.82, 2.24) is 4.90 Å². The van der Waals surface area contributed by atoms with E-state index < -0.39 is 0 Å². The summed E-state index contributed by atoms with van der Waals surface area (Å²) in [5.41, 5.74) is 1.06. The van der Waals surface area contributed by atoms with Gasteiger partial charge < -0.3 is 4.74 Å². The van der Waals surface area contributed by atoms with Gasteiger partial charge in [0, 0.05) is 6.54 Å². The van der Waals surface area contributed by atoms with Gasteiger partial charge >= 0.3 is 0 Å². The van der Waals surface area contributed by atoms with E-state index in [0.717, 1.165) is 11.3 Å². The van der Waals surface area contributed by atoms with Crippen molar-refractivity contribution < 1.29 is 4.74 Å². The highest BCUT2D eigenvalue weighted by Gasteiger charge is 2.04. The fourth-order valence-electron chi connectivity index (χ4n) is 1.36. The Bertz CT molecular complexity index is 384. The van der Waals surface area contributed by atoms with Crippen molar-refractivity contribution in [3.8, 4) is 17.9 Å². The average molecular weight is 215 g/mol. The van der Waals surface area contributed by atoms with E-state index in [2.05, 4.69) is 0 Å². The van der Waals surface area contributed by atoms with Crippen LogP contribution in [-0.4, -0.2) is 25.1 Å². The molecule has 0 saturated carbocycles. The van der Waals surface area contributed by atoms with Gasteiger partial charge in [0.25, 0.3) is 0 Å². The van der Waals surface area contributed by atoms with Crippen LogP contribution in [0.25, 0.3) is 0 Å². The van der Waals surface area contributed by atoms with Gasteiger partial charge in [-0.3, -0.25) is 4.90 Å². The molecule has 1 rings (SSSR count). The molecule has 0 atom stereocenters. The maximum Gasteiger partial charge on any atom is 0.118 e. The van der Waals surface area contributed by atoms with E-state index >= 15 is 0 Å². The molecule has 0 saturated heterocycles. The lowest BCUT2D eigenvalue weighted by atomic mass is 10.2. The van der Waals surface area contributed by atoms with E-state index in [-0.39, 0.29) is 13.1 Å². The maximum atomic E-state index is 8.60. The Balaban J connectivity index is 2.63. The van der Waals surface area contributed by atoms with Crippen molar-refractivity contribution in [2.24, 2.45) is 0 Å². The first-order valence-corrected chi connectivity index (χ1v) is 4.89. The Labute approximate surface area is 95.3 Å². The highest BCUT2D eigenvalue weighted by atomic mass is 16.5. The standard InChI is InChI=1S/C12H13N3O/c1-16-12-4-2-11(3-5-12)10-15(8-6-13)9-7-14/h2-5H,8-10H2,1H3. The molecule has 0 fully saturated rings. The van der Waals surface area contributed by atoms with Gasteiger partial charge in [-0.2, -0.15) is 10.5 Å². The van der Waals surface area contributed by atoms with Crippen LogP contribution in [-0.2, 0) is 6.54 Å². The number of nitrogens with zero attached hydrogens (tertiary/aromatic N) is 3. The lowest BCUT2D eigenvalue weighted by Crippen LogP contribution is -2.23. The molecular weight excluding hydrogens is 202 g/mol. The zero-order valence-corrected chi connectivity index (χ0v) is 9.18. The molecule has 0 heterocycles. The summed E-state index contributed by atoms with van der Waals surface area (Å²) in [6.07, 6.45) is 0. The minimum absolute atomic E-state index is 0.263. The minimum Gasteiger partial charge on any atom is -0.497 e. The van der Waals surface area contributed by atoms with Crippen molar-refractivity contribution in [2.75, 3.05) is 20.2 Å². The van der Waals surface area contributed by atoms with E-state index in [0.29, 0.717) is 6.54 Å². The predicted molar refractivity (Wildman–Crippen MR) is 59.5 cm³/mol. The molecule has 0 aliphatic rings. The molecule has 4 heteroatoms. The smallest absolute Gasteiger partial charge is 0.118 e. The zero-order chi connectivity index (χ0) is 11.8. The van der Waals surface area contributed by atoms with Gasteiger partial charge in [0.15, 0.2) is 0 Å². The topological polar surface area (TPSA) is 60.0 Å². The Kier molecular flexibility index (Phi) is 4.85. The fraction of sp³-hybridized carbons (Fsp3) is 0.333. The molecule has 0 aliphatic heterocycles. The zero-order valence-electron chi connectivity index (χ0n) is 9.18. The van der Waals surface area contributed by atoms with Crippen LogP contribution in [0.4, 0.5) is 0 Å². The van der Waals surface area contributed by atoms with E-state index in [1.807, 2.05) is 36.4 Å². The summed E-state index contributed by atoms with van der Waals surface area (Å²) in [5, 5.41) is 17.2. The molecule has 0 aromatic heterocycles. The van der Waals surface area contributed by atoms with Crippen LogP contribution < -0.4 is 4.74 Å². The minimum atomic E-state index is 0.263. The van der Waals surface area contributed by atoms with Crippen LogP contribution >= 0.6 is 0 Å². The van der Waals surface area contributed by atoms with E-state index in [4.69, 9.17) is 15.3 Å². The lowest BCUT2D eigenvalue weighted by Gasteiger charge is -2.15. The van der Waals surface area contributed by atoms with E-state index in [1.54, 1.807) is 12.0 Å². The number of ether oxygens (including phenoxy) is 1. The van der Waals surface area contributed by atoms with Crippen LogP contribution in [0.3, 0.4) is 0 Å².